The van der Waals surface area contributed by atoms with E-state index in [4.69, 9.17) is 0 Å². The number of rotatable bonds is 6. The van der Waals surface area contributed by atoms with Crippen LogP contribution in [-0.4, -0.2) is 13.7 Å². The van der Waals surface area contributed by atoms with Crippen molar-refractivity contribution >= 4 is 54.5 Å². The van der Waals surface area contributed by atoms with Crippen molar-refractivity contribution < 1.29 is 0 Å². The van der Waals surface area contributed by atoms with Crippen LogP contribution in [0.4, 0.5) is 0 Å². The van der Waals surface area contributed by atoms with E-state index in [1.54, 1.807) is 0 Å². The lowest BCUT2D eigenvalue weighted by atomic mass is 10.0. The smallest absolute Gasteiger partial charge is 0.0788 e. The van der Waals surface area contributed by atoms with Gasteiger partial charge in [0.1, 0.15) is 0 Å². The Labute approximate surface area is 341 Å². The van der Waals surface area contributed by atoms with Gasteiger partial charge in [-0.05, 0) is 82.4 Å². The molecule has 0 aliphatic carbocycles. The fraction of sp³-hybridized carbons (Fsp3) is 0. The molecule has 3 heterocycles. The highest BCUT2D eigenvalue weighted by molar-refractivity contribution is 6.19. The first-order valence-corrected chi connectivity index (χ1v) is 20.3. The summed E-state index contributed by atoms with van der Waals surface area (Å²) in [6, 6.07) is 81.8. The minimum absolute atomic E-state index is 1.10. The van der Waals surface area contributed by atoms with Crippen molar-refractivity contribution in [2.24, 2.45) is 0 Å². The molecule has 0 radical (unpaired) electrons. The standard InChI is InChI=1S/C56H37N3/c1-5-17-38(18-6-1)41-29-31-49-47-25-13-15-27-51(47)57(54(49)35-41)45-33-43(39-19-7-2-8-20-39)34-46(37-45)59-52-28-16-14-26-48(52)50-32-30-42-36-53(40-21-9-3-10-22-40)58(55(42)56(50)59)44-23-11-4-12-24-44/h1-37H. The van der Waals surface area contributed by atoms with E-state index in [9.17, 15) is 0 Å². The molecule has 3 nitrogen and oxygen atoms in total. The van der Waals surface area contributed by atoms with Crippen LogP contribution in [0.5, 0.6) is 0 Å². The summed E-state index contributed by atoms with van der Waals surface area (Å²) in [4.78, 5) is 0. The maximum atomic E-state index is 2.51. The molecule has 0 amide bonds. The predicted molar refractivity (Wildman–Crippen MR) is 248 cm³/mol. The topological polar surface area (TPSA) is 14.8 Å². The number of fused-ring (bicyclic) bond motifs is 8. The molecule has 0 spiro atoms. The second-order valence-electron chi connectivity index (χ2n) is 15.4. The zero-order valence-corrected chi connectivity index (χ0v) is 32.2. The van der Waals surface area contributed by atoms with Crippen molar-refractivity contribution in [3.8, 4) is 50.6 Å². The van der Waals surface area contributed by atoms with E-state index in [1.165, 1.54) is 76.8 Å². The number of para-hydroxylation sites is 3. The summed E-state index contributed by atoms with van der Waals surface area (Å²) >= 11 is 0. The summed E-state index contributed by atoms with van der Waals surface area (Å²) < 4.78 is 7.44. The number of aromatic nitrogens is 3. The summed E-state index contributed by atoms with van der Waals surface area (Å²) in [5.41, 5.74) is 16.3. The van der Waals surface area contributed by atoms with Crippen molar-refractivity contribution in [3.05, 3.63) is 224 Å². The molecule has 0 fully saturated rings. The van der Waals surface area contributed by atoms with Gasteiger partial charge in [0, 0.05) is 44.0 Å². The van der Waals surface area contributed by atoms with Gasteiger partial charge in [-0.1, -0.05) is 170 Å². The summed E-state index contributed by atoms with van der Waals surface area (Å²) in [6.07, 6.45) is 0. The molecule has 3 aromatic heterocycles. The quantitative estimate of drug-likeness (QED) is 0.161. The van der Waals surface area contributed by atoms with Gasteiger partial charge in [0.25, 0.3) is 0 Å². The molecule has 12 aromatic rings. The lowest BCUT2D eigenvalue weighted by molar-refractivity contribution is 1.11. The van der Waals surface area contributed by atoms with E-state index in [0.29, 0.717) is 0 Å². The Hall–Kier alpha value is -7.88. The number of hydrogen-bond donors (Lipinski definition) is 0. The van der Waals surface area contributed by atoms with Gasteiger partial charge in [-0.3, -0.25) is 0 Å². The van der Waals surface area contributed by atoms with Gasteiger partial charge in [0.05, 0.1) is 33.3 Å². The Morgan fingerprint density at radius 2 is 0.746 bits per heavy atom. The van der Waals surface area contributed by atoms with Crippen molar-refractivity contribution in [2.45, 2.75) is 0 Å². The molecular weight excluding hydrogens is 715 g/mol. The summed E-state index contributed by atoms with van der Waals surface area (Å²) in [6.45, 7) is 0. The zero-order chi connectivity index (χ0) is 38.9. The maximum absolute atomic E-state index is 2.51. The monoisotopic (exact) mass is 751 g/mol. The van der Waals surface area contributed by atoms with Gasteiger partial charge >= 0.3 is 0 Å². The van der Waals surface area contributed by atoms with E-state index in [1.807, 2.05) is 0 Å². The fourth-order valence-electron chi connectivity index (χ4n) is 9.38. The average Bonchev–Trinajstić information content (AvgIpc) is 3.98. The SMILES string of the molecule is c1ccc(-c2cc(-n3c4ccccc4c4ccc(-c5ccccc5)cc43)cc(-n3c4ccccc4c4ccc5cc(-c6ccccc6)n(-c6ccccc6)c5c43)c2)cc1. The van der Waals surface area contributed by atoms with Gasteiger partial charge < -0.3 is 13.7 Å². The molecule has 12 rings (SSSR count). The van der Waals surface area contributed by atoms with E-state index >= 15 is 0 Å². The van der Waals surface area contributed by atoms with Crippen molar-refractivity contribution in [1.82, 2.24) is 13.7 Å². The molecule has 0 N–H and O–H groups in total. The molecule has 3 heteroatoms. The van der Waals surface area contributed by atoms with Crippen LogP contribution >= 0.6 is 0 Å². The maximum Gasteiger partial charge on any atom is 0.0788 e. The van der Waals surface area contributed by atoms with Crippen LogP contribution in [0.3, 0.4) is 0 Å². The van der Waals surface area contributed by atoms with E-state index in [2.05, 4.69) is 238 Å². The Morgan fingerprint density at radius 1 is 0.237 bits per heavy atom. The highest BCUT2D eigenvalue weighted by Crippen LogP contribution is 2.43. The molecular formula is C56H37N3. The van der Waals surface area contributed by atoms with Crippen LogP contribution in [0.1, 0.15) is 0 Å². The molecule has 0 atom stereocenters. The first-order valence-electron chi connectivity index (χ1n) is 20.3. The van der Waals surface area contributed by atoms with E-state index in [0.717, 1.165) is 28.3 Å². The van der Waals surface area contributed by atoms with Crippen LogP contribution in [-0.2, 0) is 0 Å². The number of hydrogen-bond acceptors (Lipinski definition) is 0. The van der Waals surface area contributed by atoms with Gasteiger partial charge in [-0.25, -0.2) is 0 Å². The van der Waals surface area contributed by atoms with Gasteiger partial charge in [-0.2, -0.15) is 0 Å². The van der Waals surface area contributed by atoms with Crippen LogP contribution in [0, 0.1) is 0 Å². The van der Waals surface area contributed by atoms with Crippen LogP contribution in [0.15, 0.2) is 224 Å². The van der Waals surface area contributed by atoms with E-state index < -0.39 is 0 Å². The second kappa shape index (κ2) is 13.4. The van der Waals surface area contributed by atoms with Crippen LogP contribution in [0.2, 0.25) is 0 Å². The largest absolute Gasteiger partial charge is 0.309 e. The third-order valence-electron chi connectivity index (χ3n) is 12.0. The van der Waals surface area contributed by atoms with Crippen LogP contribution in [0.25, 0.3) is 105 Å². The van der Waals surface area contributed by atoms with Gasteiger partial charge in [0.2, 0.25) is 0 Å². The highest BCUT2D eigenvalue weighted by atomic mass is 15.1. The van der Waals surface area contributed by atoms with Crippen molar-refractivity contribution in [3.63, 3.8) is 0 Å². The summed E-state index contributed by atoms with van der Waals surface area (Å²) in [5, 5.41) is 6.11. The Morgan fingerprint density at radius 3 is 1.42 bits per heavy atom. The molecule has 0 bridgehead atoms. The molecule has 0 saturated carbocycles. The molecule has 276 valence electrons. The molecule has 0 saturated heterocycles. The highest BCUT2D eigenvalue weighted by Gasteiger charge is 2.22. The second-order valence-corrected chi connectivity index (χ2v) is 15.4. The Balaban J connectivity index is 1.22. The average molecular weight is 752 g/mol. The minimum Gasteiger partial charge on any atom is -0.309 e. The molecule has 0 aliphatic rings. The third kappa shape index (κ3) is 5.29. The van der Waals surface area contributed by atoms with Gasteiger partial charge in [-0.15, -0.1) is 0 Å². The fourth-order valence-corrected chi connectivity index (χ4v) is 9.38. The summed E-state index contributed by atoms with van der Waals surface area (Å²) in [7, 11) is 0. The molecule has 0 aliphatic heterocycles. The first-order chi connectivity index (χ1) is 29.3. The minimum atomic E-state index is 1.10. The molecule has 0 unspecified atom stereocenters. The Bertz CT molecular complexity index is 3520. The predicted octanol–water partition coefficient (Wildman–Crippen LogP) is 14.8. The number of benzene rings is 9. The molecule has 9 aromatic carbocycles. The first kappa shape index (κ1) is 33.3. The van der Waals surface area contributed by atoms with Crippen molar-refractivity contribution in [1.29, 1.82) is 0 Å². The van der Waals surface area contributed by atoms with Crippen molar-refractivity contribution in [2.75, 3.05) is 0 Å². The number of nitrogens with zero attached hydrogens (tertiary/aromatic N) is 3. The van der Waals surface area contributed by atoms with E-state index in [-0.39, 0.29) is 0 Å². The zero-order valence-electron chi connectivity index (χ0n) is 32.2. The molecule has 59 heavy (non-hydrogen) atoms. The normalized spacial score (nSPS) is 11.7. The third-order valence-corrected chi connectivity index (χ3v) is 12.0. The Kier molecular flexibility index (Phi) is 7.54. The van der Waals surface area contributed by atoms with Crippen LogP contribution < -0.4 is 0 Å². The van der Waals surface area contributed by atoms with Gasteiger partial charge in [0.15, 0.2) is 0 Å². The summed E-state index contributed by atoms with van der Waals surface area (Å²) in [5.74, 6) is 0. The lowest BCUT2D eigenvalue weighted by Gasteiger charge is -2.17. The lowest BCUT2D eigenvalue weighted by Crippen LogP contribution is -2.02.